The van der Waals surface area contributed by atoms with Crippen molar-refractivity contribution in [1.82, 2.24) is 34.5 Å². The molecule has 1 aliphatic carbocycles. The van der Waals surface area contributed by atoms with Crippen molar-refractivity contribution < 1.29 is 31.9 Å². The van der Waals surface area contributed by atoms with Crippen LogP contribution in [0, 0.1) is 17.7 Å². The number of hydrogen-bond acceptors (Lipinski definition) is 11. The van der Waals surface area contributed by atoms with Gasteiger partial charge in [-0.25, -0.2) is 22.5 Å². The van der Waals surface area contributed by atoms with Crippen LogP contribution in [-0.4, -0.2) is 98.5 Å². The summed E-state index contributed by atoms with van der Waals surface area (Å²) in [4.78, 5) is 50.6. The van der Waals surface area contributed by atoms with Gasteiger partial charge in [0, 0.05) is 56.4 Å². The van der Waals surface area contributed by atoms with E-state index in [1.54, 1.807) is 4.90 Å². The molecule has 4 atom stereocenters. The monoisotopic (exact) mass is 890 g/mol. The number of imide groups is 1. The third kappa shape index (κ3) is 7.72. The third-order valence-electron chi connectivity index (χ3n) is 13.7. The lowest BCUT2D eigenvalue weighted by Gasteiger charge is -2.39. The maximum absolute atomic E-state index is 16.0. The van der Waals surface area contributed by atoms with Crippen molar-refractivity contribution >= 4 is 68.4 Å². The molecule has 2 amide bonds. The molecule has 19 heteroatoms. The number of benzene rings is 2. The van der Waals surface area contributed by atoms with E-state index in [4.69, 9.17) is 16.3 Å². The van der Waals surface area contributed by atoms with Gasteiger partial charge in [-0.2, -0.15) is 10.1 Å². The maximum atomic E-state index is 16.0. The fourth-order valence-corrected chi connectivity index (χ4v) is 10.1. The minimum Gasteiger partial charge on any atom is -0.480 e. The molecule has 2 unspecified atom stereocenters. The van der Waals surface area contributed by atoms with Gasteiger partial charge in [-0.15, -0.1) is 0 Å². The Hall–Kier alpha value is -5.49. The zero-order chi connectivity index (χ0) is 43.9. The van der Waals surface area contributed by atoms with Crippen LogP contribution >= 0.6 is 11.6 Å². The van der Waals surface area contributed by atoms with E-state index in [1.165, 1.54) is 29.4 Å². The summed E-state index contributed by atoms with van der Waals surface area (Å²) in [6, 6.07) is 7.62. The van der Waals surface area contributed by atoms with Gasteiger partial charge in [-0.3, -0.25) is 24.4 Å². The summed E-state index contributed by atoms with van der Waals surface area (Å²) in [5.41, 5.74) is 2.37. The van der Waals surface area contributed by atoms with Crippen molar-refractivity contribution in [1.29, 1.82) is 0 Å². The van der Waals surface area contributed by atoms with Gasteiger partial charge in [-0.05, 0) is 81.1 Å². The number of aryl methyl sites for hydroxylation is 2. The van der Waals surface area contributed by atoms with Gasteiger partial charge in [0.15, 0.2) is 12.4 Å². The Bertz CT molecular complexity index is 2720. The van der Waals surface area contributed by atoms with E-state index in [0.717, 1.165) is 42.9 Å². The average molecular weight is 891 g/mol. The Kier molecular flexibility index (Phi) is 10.5. The lowest BCUT2D eigenvalue weighted by molar-refractivity contribution is -0.134. The Balaban J connectivity index is 0.788. The number of hydrogen-bond donors (Lipinski definition) is 3. The molecular weight excluding hydrogens is 844 g/mol. The van der Waals surface area contributed by atoms with Crippen LogP contribution in [0.25, 0.3) is 21.8 Å². The van der Waals surface area contributed by atoms with Gasteiger partial charge in [0.05, 0.1) is 52.8 Å². The van der Waals surface area contributed by atoms with Crippen LogP contribution < -0.4 is 31.1 Å². The largest absolute Gasteiger partial charge is 0.480 e. The highest BCUT2D eigenvalue weighted by Gasteiger charge is 2.51. The van der Waals surface area contributed by atoms with E-state index >= 15 is 17.6 Å². The molecule has 2 aromatic carbocycles. The number of nitrogens with zero attached hydrogens (tertiary/aromatic N) is 7. The molecule has 4 fully saturated rings. The molecule has 63 heavy (non-hydrogen) atoms. The number of amides is 2. The quantitative estimate of drug-likeness (QED) is 0.115. The molecule has 1 saturated carbocycles. The van der Waals surface area contributed by atoms with Crippen LogP contribution in [0.5, 0.6) is 5.75 Å². The normalized spacial score (nSPS) is 24.5. The SMILES string of the molecule is Cn1nc(C2CCC(=O)NC2=O)c2ccc(C3CCN(C[C@H]4CCN(c5ncc(Cl)c(Nc6cc7c8c(c(=O)n(C)c7cc6F)OCC(F)(F)C(C6CC6)N8)n5)C[C@H]4F)CC3)cc21. The van der Waals surface area contributed by atoms with Crippen LogP contribution in [-0.2, 0) is 23.7 Å². The Morgan fingerprint density at radius 2 is 1.78 bits per heavy atom. The molecule has 10 rings (SSSR count). The smallest absolute Gasteiger partial charge is 0.301 e. The lowest BCUT2D eigenvalue weighted by atomic mass is 9.87. The zero-order valence-electron chi connectivity index (χ0n) is 34.8. The number of fused-ring (bicyclic) bond motifs is 4. The third-order valence-corrected chi connectivity index (χ3v) is 13.9. The van der Waals surface area contributed by atoms with Crippen molar-refractivity contribution in [3.8, 4) is 5.75 Å². The number of piperidine rings is 3. The standard InChI is InChI=1S/C44H47ClF4N10O4/c1-56-33-17-30(46)32(16-28(33)37-38(42(56)62)63-21-44(48,49)39(53-37)23-3-4-23)51-40-29(45)18-50-43(54-40)59-14-11-25(31(47)20-59)19-58-12-9-22(10-13-58)24-5-6-26-34(15-24)57(2)55-36(26)27-7-8-35(60)52-41(27)61/h5-6,15-18,22-23,25,27,31,39,53H,3-4,7-14,19-21H2,1-2H3,(H,50,51,54)(H,52,60,61)/t25-,27?,31-,39?/m1/s1. The Morgan fingerprint density at radius 3 is 2.52 bits per heavy atom. The van der Waals surface area contributed by atoms with E-state index in [9.17, 15) is 14.4 Å². The van der Waals surface area contributed by atoms with Crippen molar-refractivity contribution in [2.45, 2.75) is 74.9 Å². The number of pyridine rings is 1. The fraction of sp³-hybridized carbons (Fsp3) is 0.500. The predicted molar refractivity (Wildman–Crippen MR) is 230 cm³/mol. The second-order valence-corrected chi connectivity index (χ2v) is 18.2. The highest BCUT2D eigenvalue weighted by Crippen LogP contribution is 2.46. The number of alkyl halides is 3. The molecule has 0 spiro atoms. The lowest BCUT2D eigenvalue weighted by Crippen LogP contribution is -2.47. The minimum atomic E-state index is -3.23. The fourth-order valence-electron chi connectivity index (χ4n) is 9.93. The summed E-state index contributed by atoms with van der Waals surface area (Å²) in [6.45, 7) is 1.90. The van der Waals surface area contributed by atoms with Crippen LogP contribution in [0.3, 0.4) is 0 Å². The number of nitrogens with one attached hydrogen (secondary N) is 3. The van der Waals surface area contributed by atoms with Gasteiger partial charge in [0.25, 0.3) is 5.56 Å². The molecule has 3 saturated heterocycles. The van der Waals surface area contributed by atoms with Crippen molar-refractivity contribution in [3.05, 3.63) is 69.0 Å². The molecule has 3 aromatic heterocycles. The number of carbonyl (C=O) groups excluding carboxylic acids is 2. The molecule has 0 radical (unpaired) electrons. The van der Waals surface area contributed by atoms with Gasteiger partial charge in [-0.1, -0.05) is 23.7 Å². The highest BCUT2D eigenvalue weighted by atomic mass is 35.5. The number of carbonyl (C=O) groups is 2. The molecule has 7 heterocycles. The first kappa shape index (κ1) is 41.5. The number of halogens is 5. The molecule has 4 aliphatic heterocycles. The summed E-state index contributed by atoms with van der Waals surface area (Å²) in [6.07, 6.45) is 4.61. The van der Waals surface area contributed by atoms with Gasteiger partial charge < -0.3 is 29.7 Å². The van der Waals surface area contributed by atoms with Crippen LogP contribution in [0.4, 0.5) is 40.7 Å². The second kappa shape index (κ2) is 15.9. The van der Waals surface area contributed by atoms with Gasteiger partial charge in [0.1, 0.15) is 17.0 Å². The number of aromatic nitrogens is 5. The Labute approximate surface area is 364 Å². The highest BCUT2D eigenvalue weighted by molar-refractivity contribution is 6.33. The molecule has 0 bridgehead atoms. The number of anilines is 4. The second-order valence-electron chi connectivity index (χ2n) is 17.8. The van der Waals surface area contributed by atoms with Crippen molar-refractivity contribution in [3.63, 3.8) is 0 Å². The summed E-state index contributed by atoms with van der Waals surface area (Å²) in [7, 11) is 3.30. The molecule has 5 aromatic rings. The molecule has 332 valence electrons. The van der Waals surface area contributed by atoms with Crippen LogP contribution in [0.15, 0.2) is 41.3 Å². The topological polar surface area (TPSA) is 152 Å². The Morgan fingerprint density at radius 1 is 0.984 bits per heavy atom. The zero-order valence-corrected chi connectivity index (χ0v) is 35.5. The first-order chi connectivity index (χ1) is 30.2. The first-order valence-electron chi connectivity index (χ1n) is 21.6. The predicted octanol–water partition coefficient (Wildman–Crippen LogP) is 6.53. The molecule has 5 aliphatic rings. The van der Waals surface area contributed by atoms with E-state index < -0.39 is 42.0 Å². The minimum absolute atomic E-state index is 0.0662. The van der Waals surface area contributed by atoms with E-state index in [-0.39, 0.29) is 69.6 Å². The summed E-state index contributed by atoms with van der Waals surface area (Å²) >= 11 is 6.52. The maximum Gasteiger partial charge on any atom is 0.301 e. The molecular formula is C44H47ClF4N10O4. The van der Waals surface area contributed by atoms with Gasteiger partial charge in [0.2, 0.25) is 23.5 Å². The molecule has 14 nitrogen and oxygen atoms in total. The van der Waals surface area contributed by atoms with Crippen LogP contribution in [0.1, 0.15) is 68.0 Å². The first-order valence-corrected chi connectivity index (χ1v) is 21.9. The number of likely N-dealkylation sites (tertiary alicyclic amines) is 1. The van der Waals surface area contributed by atoms with E-state index in [0.29, 0.717) is 62.2 Å². The van der Waals surface area contributed by atoms with Crippen molar-refractivity contribution in [2.75, 3.05) is 54.9 Å². The van der Waals surface area contributed by atoms with Crippen molar-refractivity contribution in [2.24, 2.45) is 25.9 Å². The number of rotatable bonds is 8. The van der Waals surface area contributed by atoms with Crippen LogP contribution in [0.2, 0.25) is 5.02 Å². The average Bonchev–Trinajstić information content (AvgIpc) is 4.07. The molecule has 3 N–H and O–H groups in total. The van der Waals surface area contributed by atoms with E-state index in [1.807, 2.05) is 17.8 Å². The summed E-state index contributed by atoms with van der Waals surface area (Å²) in [5.74, 6) is -5.09. The van der Waals surface area contributed by atoms with Gasteiger partial charge >= 0.3 is 5.92 Å². The number of ether oxygens (including phenoxy) is 1. The van der Waals surface area contributed by atoms with E-state index in [2.05, 4.69) is 48.0 Å². The summed E-state index contributed by atoms with van der Waals surface area (Å²) < 4.78 is 70.5. The summed E-state index contributed by atoms with van der Waals surface area (Å²) in [5, 5.41) is 14.3.